The van der Waals surface area contributed by atoms with Crippen molar-refractivity contribution in [2.75, 3.05) is 18.6 Å². The fraction of sp³-hybridized carbons (Fsp3) is 0.474. The van der Waals surface area contributed by atoms with Crippen LogP contribution in [0.4, 0.5) is 38.0 Å². The average molecular weight is 421 g/mol. The quantitative estimate of drug-likeness (QED) is 0.391. The maximum absolute atomic E-state index is 13.0. The Labute approximate surface area is 164 Å². The van der Waals surface area contributed by atoms with Crippen LogP contribution in [0.3, 0.4) is 0 Å². The Kier molecular flexibility index (Phi) is 7.32. The van der Waals surface area contributed by atoms with Gasteiger partial charge in [0.25, 0.3) is 0 Å². The highest BCUT2D eigenvalue weighted by molar-refractivity contribution is 5.57. The van der Waals surface area contributed by atoms with Crippen LogP contribution in [-0.2, 0) is 12.6 Å². The van der Waals surface area contributed by atoms with E-state index in [1.807, 2.05) is 12.1 Å². The summed E-state index contributed by atoms with van der Waals surface area (Å²) in [6, 6.07) is 7.26. The molecule has 0 unspecified atom stereocenters. The van der Waals surface area contributed by atoms with Gasteiger partial charge in [0.2, 0.25) is 11.8 Å². The minimum absolute atomic E-state index is 0.214. The van der Waals surface area contributed by atoms with Gasteiger partial charge in [0.05, 0.1) is 0 Å². The molecule has 10 heteroatoms. The summed E-state index contributed by atoms with van der Waals surface area (Å²) >= 11 is 0. The number of hydrogen-bond donors (Lipinski definition) is 0. The van der Waals surface area contributed by atoms with Gasteiger partial charge < -0.3 is 9.64 Å². The Hall–Kier alpha value is -2.52. The van der Waals surface area contributed by atoms with Crippen LogP contribution < -0.4 is 9.64 Å². The zero-order chi connectivity index (χ0) is 21.7. The van der Waals surface area contributed by atoms with Crippen molar-refractivity contribution in [1.29, 1.82) is 0 Å². The maximum Gasteiger partial charge on any atom is 0.423 e. The topological polar surface area (TPSA) is 38.2 Å². The molecule has 1 aromatic carbocycles. The van der Waals surface area contributed by atoms with Crippen LogP contribution in [0, 0.1) is 0 Å². The molecule has 0 aliphatic heterocycles. The lowest BCUT2D eigenvalue weighted by Gasteiger charge is -2.20. The Bertz CT molecular complexity index is 790. The van der Waals surface area contributed by atoms with Crippen molar-refractivity contribution >= 4 is 11.6 Å². The lowest BCUT2D eigenvalue weighted by atomic mass is 10.1. The smallest absolute Gasteiger partial charge is 0.423 e. The van der Waals surface area contributed by atoms with E-state index in [9.17, 15) is 26.3 Å². The van der Waals surface area contributed by atoms with E-state index in [4.69, 9.17) is 0 Å². The molecule has 1 heterocycles. The summed E-state index contributed by atoms with van der Waals surface area (Å²) in [7, 11) is 1.50. The number of benzene rings is 1. The summed E-state index contributed by atoms with van der Waals surface area (Å²) in [5.74, 6) is -1.38. The number of aryl methyl sites for hydroxylation is 1. The van der Waals surface area contributed by atoms with Crippen molar-refractivity contribution in [3.63, 3.8) is 0 Å². The van der Waals surface area contributed by atoms with E-state index in [2.05, 4.69) is 21.6 Å². The fourth-order valence-electron chi connectivity index (χ4n) is 2.55. The second kappa shape index (κ2) is 9.32. The number of unbranched alkanes of at least 4 members (excludes halogenated alkanes) is 2. The molecule has 1 aromatic heterocycles. The number of alkyl halides is 6. The summed E-state index contributed by atoms with van der Waals surface area (Å²) < 4.78 is 80.6. The van der Waals surface area contributed by atoms with Gasteiger partial charge in [0.1, 0.15) is 5.56 Å². The molecule has 0 saturated heterocycles. The van der Waals surface area contributed by atoms with Crippen LogP contribution >= 0.6 is 0 Å². The van der Waals surface area contributed by atoms with E-state index in [-0.39, 0.29) is 5.95 Å². The Morgan fingerprint density at radius 3 is 2.21 bits per heavy atom. The highest BCUT2D eigenvalue weighted by Gasteiger charge is 2.38. The van der Waals surface area contributed by atoms with Gasteiger partial charge in [-0.1, -0.05) is 31.9 Å². The minimum Gasteiger partial charge on any atom is -0.467 e. The van der Waals surface area contributed by atoms with Gasteiger partial charge in [-0.2, -0.15) is 31.3 Å². The minimum atomic E-state index is -4.95. The zero-order valence-corrected chi connectivity index (χ0v) is 15.9. The SMILES string of the molecule is CCCCCc1ccc(N(C)c2ncc(C(F)(F)F)c(OCC(F)(F)F)n2)cc1. The van der Waals surface area contributed by atoms with Crippen molar-refractivity contribution in [3.8, 4) is 5.88 Å². The van der Waals surface area contributed by atoms with Gasteiger partial charge in [0, 0.05) is 18.9 Å². The number of ether oxygens (including phenoxy) is 1. The number of halogens is 6. The molecular formula is C19H21F6N3O. The largest absolute Gasteiger partial charge is 0.467 e. The Morgan fingerprint density at radius 2 is 1.66 bits per heavy atom. The molecule has 0 N–H and O–H groups in total. The van der Waals surface area contributed by atoms with E-state index in [1.165, 1.54) is 11.9 Å². The van der Waals surface area contributed by atoms with E-state index in [1.54, 1.807) is 12.1 Å². The van der Waals surface area contributed by atoms with Crippen molar-refractivity contribution in [2.24, 2.45) is 0 Å². The zero-order valence-electron chi connectivity index (χ0n) is 15.9. The van der Waals surface area contributed by atoms with Gasteiger partial charge in [0.15, 0.2) is 6.61 Å². The molecule has 0 spiro atoms. The first kappa shape index (κ1) is 22.8. The molecule has 0 atom stereocenters. The third-order valence-electron chi connectivity index (χ3n) is 4.11. The first-order valence-electron chi connectivity index (χ1n) is 8.97. The molecule has 0 radical (unpaired) electrons. The first-order chi connectivity index (χ1) is 13.5. The summed E-state index contributed by atoms with van der Waals surface area (Å²) in [5, 5.41) is 0. The molecule has 2 aromatic rings. The van der Waals surface area contributed by atoms with Crippen molar-refractivity contribution in [3.05, 3.63) is 41.6 Å². The highest BCUT2D eigenvalue weighted by atomic mass is 19.4. The van der Waals surface area contributed by atoms with E-state index in [0.717, 1.165) is 31.2 Å². The predicted molar refractivity (Wildman–Crippen MR) is 96.3 cm³/mol. The Morgan fingerprint density at radius 1 is 1.00 bits per heavy atom. The molecule has 0 amide bonds. The molecule has 29 heavy (non-hydrogen) atoms. The Balaban J connectivity index is 2.24. The third kappa shape index (κ3) is 6.79. The molecule has 4 nitrogen and oxygen atoms in total. The predicted octanol–water partition coefficient (Wildman–Crippen LogP) is 5.94. The van der Waals surface area contributed by atoms with Crippen LogP contribution in [0.5, 0.6) is 5.88 Å². The number of nitrogens with zero attached hydrogens (tertiary/aromatic N) is 3. The van der Waals surface area contributed by atoms with Crippen molar-refractivity contribution in [1.82, 2.24) is 9.97 Å². The molecule has 0 aliphatic carbocycles. The van der Waals surface area contributed by atoms with Gasteiger partial charge >= 0.3 is 12.4 Å². The lowest BCUT2D eigenvalue weighted by molar-refractivity contribution is -0.159. The van der Waals surface area contributed by atoms with E-state index < -0.39 is 30.4 Å². The van der Waals surface area contributed by atoms with Gasteiger partial charge in [-0.25, -0.2) is 4.98 Å². The van der Waals surface area contributed by atoms with Crippen LogP contribution in [0.2, 0.25) is 0 Å². The van der Waals surface area contributed by atoms with Gasteiger partial charge in [-0.05, 0) is 30.5 Å². The van der Waals surface area contributed by atoms with Crippen LogP contribution in [0.15, 0.2) is 30.5 Å². The van der Waals surface area contributed by atoms with Gasteiger partial charge in [-0.3, -0.25) is 0 Å². The summed E-state index contributed by atoms with van der Waals surface area (Å²) in [4.78, 5) is 8.59. The highest BCUT2D eigenvalue weighted by Crippen LogP contribution is 2.36. The third-order valence-corrected chi connectivity index (χ3v) is 4.11. The fourth-order valence-corrected chi connectivity index (χ4v) is 2.55. The molecule has 0 aliphatic rings. The monoisotopic (exact) mass is 421 g/mol. The van der Waals surface area contributed by atoms with Crippen LogP contribution in [0.1, 0.15) is 37.3 Å². The molecule has 0 fully saturated rings. The van der Waals surface area contributed by atoms with E-state index >= 15 is 0 Å². The average Bonchev–Trinajstić information content (AvgIpc) is 2.65. The summed E-state index contributed by atoms with van der Waals surface area (Å²) in [6.45, 7) is 0.220. The molecule has 0 bridgehead atoms. The van der Waals surface area contributed by atoms with E-state index in [0.29, 0.717) is 11.9 Å². The number of anilines is 2. The number of hydrogen-bond acceptors (Lipinski definition) is 4. The van der Waals surface area contributed by atoms with Gasteiger partial charge in [-0.15, -0.1) is 0 Å². The second-order valence-corrected chi connectivity index (χ2v) is 6.47. The van der Waals surface area contributed by atoms with Crippen LogP contribution in [0.25, 0.3) is 0 Å². The maximum atomic E-state index is 13.0. The standard InChI is InChI=1S/C19H21F6N3O/c1-3-4-5-6-13-7-9-14(10-8-13)28(2)17-26-11-15(19(23,24)25)16(27-17)29-12-18(20,21)22/h7-11H,3-6,12H2,1-2H3. The number of aromatic nitrogens is 2. The molecule has 160 valence electrons. The normalized spacial score (nSPS) is 12.1. The second-order valence-electron chi connectivity index (χ2n) is 6.47. The van der Waals surface area contributed by atoms with Crippen molar-refractivity contribution in [2.45, 2.75) is 45.0 Å². The van der Waals surface area contributed by atoms with Crippen molar-refractivity contribution < 1.29 is 31.1 Å². The molecular weight excluding hydrogens is 400 g/mol. The first-order valence-corrected chi connectivity index (χ1v) is 8.97. The lowest BCUT2D eigenvalue weighted by Crippen LogP contribution is -2.23. The summed E-state index contributed by atoms with van der Waals surface area (Å²) in [6.07, 6.45) is -5.15. The summed E-state index contributed by atoms with van der Waals surface area (Å²) in [5.41, 5.74) is 0.217. The number of rotatable bonds is 8. The molecule has 0 saturated carbocycles. The molecule has 2 rings (SSSR count). The van der Waals surface area contributed by atoms with Crippen LogP contribution in [-0.4, -0.2) is 29.8 Å².